The average molecular weight is 355 g/mol. The Bertz CT molecular complexity index is 840. The molecule has 0 saturated carbocycles. The summed E-state index contributed by atoms with van der Waals surface area (Å²) in [4.78, 5) is 24.0. The van der Waals surface area contributed by atoms with Gasteiger partial charge in [-0.05, 0) is 24.3 Å². The van der Waals surface area contributed by atoms with Gasteiger partial charge < -0.3 is 18.9 Å². The Balaban J connectivity index is 1.91. The third-order valence-corrected chi connectivity index (χ3v) is 3.43. The van der Waals surface area contributed by atoms with Crippen LogP contribution >= 0.6 is 0 Å². The zero-order valence-corrected chi connectivity index (χ0v) is 14.4. The lowest BCUT2D eigenvalue weighted by Gasteiger charge is -2.10. The molecule has 134 valence electrons. The van der Waals surface area contributed by atoms with Gasteiger partial charge in [-0.25, -0.2) is 4.79 Å². The largest absolute Gasteiger partial charge is 0.497 e. The van der Waals surface area contributed by atoms with E-state index in [1.54, 1.807) is 36.4 Å². The zero-order chi connectivity index (χ0) is 18.9. The fraction of sp³-hybridized carbons (Fsp3) is 0.211. The number of nitrogens with zero attached hydrogens (tertiary/aromatic N) is 1. The average Bonchev–Trinajstić information content (AvgIpc) is 2.69. The molecule has 2 aromatic carbocycles. The number of ketones is 1. The summed E-state index contributed by atoms with van der Waals surface area (Å²) in [6, 6.07) is 13.2. The Morgan fingerprint density at radius 3 is 2.46 bits per heavy atom. The lowest BCUT2D eigenvalue weighted by Crippen LogP contribution is -2.20. The van der Waals surface area contributed by atoms with Gasteiger partial charge in [-0.2, -0.15) is 5.26 Å². The second kappa shape index (κ2) is 9.08. The van der Waals surface area contributed by atoms with Gasteiger partial charge in [-0.15, -0.1) is 0 Å². The summed E-state index contributed by atoms with van der Waals surface area (Å²) in [6.45, 7) is -0.865. The number of hydrogen-bond donors (Lipinski definition) is 0. The molecule has 0 aliphatic carbocycles. The molecule has 7 nitrogen and oxygen atoms in total. The smallest absolute Gasteiger partial charge is 0.344 e. The van der Waals surface area contributed by atoms with E-state index in [0.29, 0.717) is 17.1 Å². The van der Waals surface area contributed by atoms with Crippen LogP contribution in [0.15, 0.2) is 42.5 Å². The second-order valence-corrected chi connectivity index (χ2v) is 5.05. The van der Waals surface area contributed by atoms with Gasteiger partial charge in [0.2, 0.25) is 5.78 Å². The molecule has 0 bridgehead atoms. The molecule has 0 spiro atoms. The topological polar surface area (TPSA) is 94.9 Å². The first-order chi connectivity index (χ1) is 12.6. The molecule has 0 N–H and O–H groups in total. The van der Waals surface area contributed by atoms with Crippen LogP contribution in [0.2, 0.25) is 0 Å². The van der Waals surface area contributed by atoms with Crippen molar-refractivity contribution in [2.75, 3.05) is 27.4 Å². The first-order valence-corrected chi connectivity index (χ1v) is 7.61. The molecule has 0 radical (unpaired) electrons. The van der Waals surface area contributed by atoms with Crippen LogP contribution in [0.5, 0.6) is 17.2 Å². The van der Waals surface area contributed by atoms with Crippen molar-refractivity contribution in [2.45, 2.75) is 0 Å². The van der Waals surface area contributed by atoms with E-state index in [0.717, 1.165) is 0 Å². The van der Waals surface area contributed by atoms with Crippen molar-refractivity contribution in [3.05, 3.63) is 53.6 Å². The standard InChI is InChI=1S/C19H17NO6/c1-23-14-7-8-15(18(9-14)24-2)16(21)11-26-19(22)12-25-17-6-4-3-5-13(17)10-20/h3-9H,11-12H2,1-2H3. The quantitative estimate of drug-likeness (QED) is 0.530. The molecule has 26 heavy (non-hydrogen) atoms. The van der Waals surface area contributed by atoms with Gasteiger partial charge in [-0.3, -0.25) is 4.79 Å². The molecule has 0 atom stereocenters. The number of rotatable bonds is 8. The maximum absolute atomic E-state index is 12.2. The van der Waals surface area contributed by atoms with Crippen LogP contribution in [-0.4, -0.2) is 39.2 Å². The van der Waals surface area contributed by atoms with E-state index in [4.69, 9.17) is 24.2 Å². The van der Waals surface area contributed by atoms with Gasteiger partial charge >= 0.3 is 5.97 Å². The van der Waals surface area contributed by atoms with Crippen molar-refractivity contribution in [1.29, 1.82) is 5.26 Å². The summed E-state index contributed by atoms with van der Waals surface area (Å²) >= 11 is 0. The molecule has 0 fully saturated rings. The van der Waals surface area contributed by atoms with Crippen LogP contribution in [0.25, 0.3) is 0 Å². The highest BCUT2D eigenvalue weighted by molar-refractivity contribution is 6.00. The Hall–Kier alpha value is -3.53. The number of nitriles is 1. The summed E-state index contributed by atoms with van der Waals surface area (Å²) in [5.74, 6) is -0.00602. The van der Waals surface area contributed by atoms with Gasteiger partial charge in [0, 0.05) is 6.07 Å². The third-order valence-electron chi connectivity index (χ3n) is 3.43. The fourth-order valence-electron chi connectivity index (χ4n) is 2.12. The van der Waals surface area contributed by atoms with E-state index in [1.807, 2.05) is 6.07 Å². The Labute approximate surface area is 150 Å². The molecule has 0 saturated heterocycles. The molecule has 2 aromatic rings. The SMILES string of the molecule is COc1ccc(C(=O)COC(=O)COc2ccccc2C#N)c(OC)c1. The number of carbonyl (C=O) groups excluding carboxylic acids is 2. The Morgan fingerprint density at radius 2 is 1.77 bits per heavy atom. The van der Waals surface area contributed by atoms with Crippen LogP contribution in [0.4, 0.5) is 0 Å². The third kappa shape index (κ3) is 4.74. The minimum absolute atomic E-state index is 0.273. The zero-order valence-electron chi connectivity index (χ0n) is 14.4. The number of methoxy groups -OCH3 is 2. The number of ether oxygens (including phenoxy) is 4. The number of hydrogen-bond acceptors (Lipinski definition) is 7. The van der Waals surface area contributed by atoms with Gasteiger partial charge in [0.05, 0.1) is 25.3 Å². The minimum atomic E-state index is -0.724. The van der Waals surface area contributed by atoms with Crippen LogP contribution in [0.1, 0.15) is 15.9 Å². The van der Waals surface area contributed by atoms with Crippen molar-refractivity contribution < 1.29 is 28.5 Å². The molecule has 0 aliphatic rings. The molecule has 0 unspecified atom stereocenters. The van der Waals surface area contributed by atoms with E-state index in [2.05, 4.69) is 0 Å². The predicted molar refractivity (Wildman–Crippen MR) is 91.5 cm³/mol. The number of para-hydroxylation sites is 1. The Morgan fingerprint density at radius 1 is 1.00 bits per heavy atom. The van der Waals surface area contributed by atoms with E-state index in [-0.39, 0.29) is 11.3 Å². The van der Waals surface area contributed by atoms with Crippen molar-refractivity contribution >= 4 is 11.8 Å². The normalized spacial score (nSPS) is 9.73. The number of carbonyl (C=O) groups is 2. The van der Waals surface area contributed by atoms with Crippen molar-refractivity contribution in [3.8, 4) is 23.3 Å². The molecule has 0 aromatic heterocycles. The first kappa shape index (κ1) is 18.8. The number of Topliss-reactive ketones (excluding diaryl/α,β-unsaturated/α-hetero) is 1. The predicted octanol–water partition coefficient (Wildman–Crippen LogP) is 2.38. The highest BCUT2D eigenvalue weighted by Gasteiger charge is 2.16. The monoisotopic (exact) mass is 355 g/mol. The first-order valence-electron chi connectivity index (χ1n) is 7.61. The lowest BCUT2D eigenvalue weighted by molar-refractivity contribution is -0.144. The lowest BCUT2D eigenvalue weighted by atomic mass is 10.1. The molecule has 7 heteroatoms. The van der Waals surface area contributed by atoms with Crippen LogP contribution in [0, 0.1) is 11.3 Å². The van der Waals surface area contributed by atoms with Crippen molar-refractivity contribution in [1.82, 2.24) is 0 Å². The van der Waals surface area contributed by atoms with Gasteiger partial charge in [0.15, 0.2) is 13.2 Å². The molecule has 0 amide bonds. The molecular weight excluding hydrogens is 338 g/mol. The molecule has 2 rings (SSSR count). The maximum atomic E-state index is 12.2. The summed E-state index contributed by atoms with van der Waals surface area (Å²) in [7, 11) is 2.93. The summed E-state index contributed by atoms with van der Waals surface area (Å²) in [5, 5.41) is 8.96. The Kier molecular flexibility index (Phi) is 6.57. The summed E-state index contributed by atoms with van der Waals surface area (Å²) < 4.78 is 20.4. The minimum Gasteiger partial charge on any atom is -0.497 e. The van der Waals surface area contributed by atoms with Crippen LogP contribution in [0.3, 0.4) is 0 Å². The molecule has 0 heterocycles. The van der Waals surface area contributed by atoms with E-state index in [1.165, 1.54) is 20.3 Å². The van der Waals surface area contributed by atoms with Crippen molar-refractivity contribution in [3.63, 3.8) is 0 Å². The summed E-state index contributed by atoms with van der Waals surface area (Å²) in [5.41, 5.74) is 0.580. The highest BCUT2D eigenvalue weighted by atomic mass is 16.6. The van der Waals surface area contributed by atoms with Gasteiger partial charge in [-0.1, -0.05) is 12.1 Å². The van der Waals surface area contributed by atoms with Crippen LogP contribution < -0.4 is 14.2 Å². The van der Waals surface area contributed by atoms with Crippen molar-refractivity contribution in [2.24, 2.45) is 0 Å². The second-order valence-electron chi connectivity index (χ2n) is 5.05. The highest BCUT2D eigenvalue weighted by Crippen LogP contribution is 2.25. The van der Waals surface area contributed by atoms with E-state index < -0.39 is 25.0 Å². The fourth-order valence-corrected chi connectivity index (χ4v) is 2.12. The van der Waals surface area contributed by atoms with Gasteiger partial charge in [0.25, 0.3) is 0 Å². The van der Waals surface area contributed by atoms with E-state index in [9.17, 15) is 9.59 Å². The van der Waals surface area contributed by atoms with E-state index >= 15 is 0 Å². The number of benzene rings is 2. The molecule has 0 aliphatic heterocycles. The van der Waals surface area contributed by atoms with Crippen LogP contribution in [-0.2, 0) is 9.53 Å². The summed E-state index contributed by atoms with van der Waals surface area (Å²) in [6.07, 6.45) is 0. The number of esters is 1. The maximum Gasteiger partial charge on any atom is 0.344 e. The molecular formula is C19H17NO6. The van der Waals surface area contributed by atoms with Gasteiger partial charge in [0.1, 0.15) is 23.3 Å².